The van der Waals surface area contributed by atoms with Gasteiger partial charge in [-0.2, -0.15) is 0 Å². The number of rotatable bonds is 5. The predicted octanol–water partition coefficient (Wildman–Crippen LogP) is 2.13. The van der Waals surface area contributed by atoms with Gasteiger partial charge in [0.1, 0.15) is 4.90 Å². The van der Waals surface area contributed by atoms with E-state index in [9.17, 15) is 13.5 Å². The van der Waals surface area contributed by atoms with Crippen LogP contribution in [0.1, 0.15) is 31.3 Å². The van der Waals surface area contributed by atoms with Crippen molar-refractivity contribution in [2.75, 3.05) is 4.72 Å². The minimum absolute atomic E-state index is 0.0724. The van der Waals surface area contributed by atoms with Gasteiger partial charge in [-0.15, -0.1) is 11.3 Å². The van der Waals surface area contributed by atoms with E-state index >= 15 is 0 Å². The largest absolute Gasteiger partial charge is 0.390 e. The van der Waals surface area contributed by atoms with Gasteiger partial charge in [-0.05, 0) is 26.8 Å². The quantitative estimate of drug-likeness (QED) is 0.885. The molecule has 2 aromatic rings. The molecule has 2 heterocycles. The zero-order valence-corrected chi connectivity index (χ0v) is 13.1. The van der Waals surface area contributed by atoms with Crippen LogP contribution in [0.2, 0.25) is 0 Å². The Hall–Kier alpha value is -1.38. The van der Waals surface area contributed by atoms with Gasteiger partial charge in [-0.1, -0.05) is 0 Å². The second-order valence-electron chi connectivity index (χ2n) is 4.73. The molecular formula is C12H17N3O3S2. The molecule has 20 heavy (non-hydrogen) atoms. The van der Waals surface area contributed by atoms with Gasteiger partial charge in [-0.3, -0.25) is 4.72 Å². The molecule has 0 spiro atoms. The van der Waals surface area contributed by atoms with Crippen LogP contribution in [0.3, 0.4) is 0 Å². The molecule has 0 saturated heterocycles. The molecule has 2 aromatic heterocycles. The number of nitrogens with one attached hydrogen (secondary N) is 1. The third-order valence-electron chi connectivity index (χ3n) is 2.78. The first kappa shape index (κ1) is 15.0. The molecule has 2 rings (SSSR count). The van der Waals surface area contributed by atoms with Gasteiger partial charge in [0.2, 0.25) is 0 Å². The highest BCUT2D eigenvalue weighted by Crippen LogP contribution is 2.23. The molecule has 6 nitrogen and oxygen atoms in total. The van der Waals surface area contributed by atoms with Crippen molar-refractivity contribution in [3.05, 3.63) is 29.0 Å². The molecule has 110 valence electrons. The lowest BCUT2D eigenvalue weighted by Crippen LogP contribution is -2.12. The number of aliphatic hydroxyl groups excluding tert-OH is 1. The Bertz CT molecular complexity index is 701. The number of hydrogen-bond acceptors (Lipinski definition) is 5. The summed E-state index contributed by atoms with van der Waals surface area (Å²) in [6.07, 6.45) is 1.53. The first-order valence-corrected chi connectivity index (χ1v) is 8.46. The third-order valence-corrected chi connectivity index (χ3v) is 5.09. The number of thiazole rings is 1. The molecular weight excluding hydrogens is 298 g/mol. The summed E-state index contributed by atoms with van der Waals surface area (Å²) in [5, 5.41) is 11.4. The fourth-order valence-electron chi connectivity index (χ4n) is 1.83. The van der Waals surface area contributed by atoms with E-state index in [-0.39, 0.29) is 17.5 Å². The summed E-state index contributed by atoms with van der Waals surface area (Å²) in [6, 6.07) is 1.55. The number of nitrogens with zero attached hydrogens (tertiary/aromatic N) is 2. The van der Waals surface area contributed by atoms with E-state index < -0.39 is 10.0 Å². The summed E-state index contributed by atoms with van der Waals surface area (Å²) in [5.74, 6) is 0. The third kappa shape index (κ3) is 3.02. The highest BCUT2D eigenvalue weighted by Gasteiger charge is 2.20. The van der Waals surface area contributed by atoms with Gasteiger partial charge < -0.3 is 9.67 Å². The second-order valence-corrected chi connectivity index (χ2v) is 7.27. The number of aryl methyl sites for hydroxylation is 1. The number of anilines is 1. The van der Waals surface area contributed by atoms with Crippen molar-refractivity contribution >= 4 is 26.5 Å². The van der Waals surface area contributed by atoms with E-state index in [1.54, 1.807) is 16.9 Å². The SMILES string of the molecule is Cc1csc(NS(=O)(=O)c2cc(CO)n(C(C)C)c2)n1. The maximum absolute atomic E-state index is 12.3. The first-order chi connectivity index (χ1) is 9.33. The van der Waals surface area contributed by atoms with E-state index in [2.05, 4.69) is 9.71 Å². The molecule has 2 N–H and O–H groups in total. The monoisotopic (exact) mass is 315 g/mol. The van der Waals surface area contributed by atoms with Gasteiger partial charge in [0, 0.05) is 23.3 Å². The summed E-state index contributed by atoms with van der Waals surface area (Å²) in [5.41, 5.74) is 1.33. The van der Waals surface area contributed by atoms with Gasteiger partial charge in [0.25, 0.3) is 10.0 Å². The van der Waals surface area contributed by atoms with Crippen LogP contribution in [-0.2, 0) is 16.6 Å². The molecule has 0 aromatic carbocycles. The van der Waals surface area contributed by atoms with Crippen molar-refractivity contribution in [3.8, 4) is 0 Å². The lowest BCUT2D eigenvalue weighted by Gasteiger charge is -2.10. The summed E-state index contributed by atoms with van der Waals surface area (Å²) >= 11 is 1.24. The number of sulfonamides is 1. The van der Waals surface area contributed by atoms with Crippen molar-refractivity contribution in [1.29, 1.82) is 0 Å². The van der Waals surface area contributed by atoms with Crippen molar-refractivity contribution in [3.63, 3.8) is 0 Å². The smallest absolute Gasteiger partial charge is 0.265 e. The minimum atomic E-state index is -3.68. The van der Waals surface area contributed by atoms with Gasteiger partial charge >= 0.3 is 0 Å². The summed E-state index contributed by atoms with van der Waals surface area (Å²) in [7, 11) is -3.68. The molecule has 8 heteroatoms. The van der Waals surface area contributed by atoms with Crippen LogP contribution in [0.15, 0.2) is 22.5 Å². The van der Waals surface area contributed by atoms with Crippen LogP contribution in [0.25, 0.3) is 0 Å². The lowest BCUT2D eigenvalue weighted by molar-refractivity contribution is 0.268. The fraction of sp³-hybridized carbons (Fsp3) is 0.417. The van der Waals surface area contributed by atoms with Crippen molar-refractivity contribution in [1.82, 2.24) is 9.55 Å². The molecule has 0 fully saturated rings. The van der Waals surface area contributed by atoms with E-state index in [0.717, 1.165) is 5.69 Å². The van der Waals surface area contributed by atoms with Crippen molar-refractivity contribution in [2.45, 2.75) is 38.3 Å². The number of aromatic nitrogens is 2. The molecule has 0 aliphatic heterocycles. The van der Waals surface area contributed by atoms with Crippen LogP contribution in [0, 0.1) is 6.92 Å². The first-order valence-electron chi connectivity index (χ1n) is 6.10. The van der Waals surface area contributed by atoms with Crippen LogP contribution in [0.4, 0.5) is 5.13 Å². The van der Waals surface area contributed by atoms with Gasteiger partial charge in [0.15, 0.2) is 5.13 Å². The lowest BCUT2D eigenvalue weighted by atomic mass is 10.3. The van der Waals surface area contributed by atoms with Crippen LogP contribution in [0.5, 0.6) is 0 Å². The Kier molecular flexibility index (Phi) is 4.17. The maximum atomic E-state index is 12.3. The van der Waals surface area contributed by atoms with Crippen molar-refractivity contribution < 1.29 is 13.5 Å². The normalized spacial score (nSPS) is 12.1. The highest BCUT2D eigenvalue weighted by atomic mass is 32.2. The summed E-state index contributed by atoms with van der Waals surface area (Å²) in [4.78, 5) is 4.21. The number of aliphatic hydroxyl groups is 1. The Labute approximate surface area is 122 Å². The van der Waals surface area contributed by atoms with E-state index in [1.807, 2.05) is 13.8 Å². The Morgan fingerprint density at radius 1 is 1.50 bits per heavy atom. The molecule has 0 saturated carbocycles. The highest BCUT2D eigenvalue weighted by molar-refractivity contribution is 7.93. The van der Waals surface area contributed by atoms with Crippen LogP contribution < -0.4 is 4.72 Å². The fourth-order valence-corrected chi connectivity index (χ4v) is 3.82. The topological polar surface area (TPSA) is 84.2 Å². The standard InChI is InChI=1S/C12H17N3O3S2/c1-8(2)15-5-11(4-10(15)6-16)20(17,18)14-12-13-9(3)7-19-12/h4-5,7-8,16H,6H2,1-3H3,(H,13,14). The average molecular weight is 315 g/mol. The van der Waals surface area contributed by atoms with Gasteiger partial charge in [0.05, 0.1) is 12.3 Å². The molecule has 0 aliphatic carbocycles. The van der Waals surface area contributed by atoms with E-state index in [4.69, 9.17) is 0 Å². The van der Waals surface area contributed by atoms with Crippen LogP contribution >= 0.6 is 11.3 Å². The summed E-state index contributed by atoms with van der Waals surface area (Å²) in [6.45, 7) is 5.44. The molecule has 0 bridgehead atoms. The molecule has 0 atom stereocenters. The molecule has 0 unspecified atom stereocenters. The second kappa shape index (κ2) is 5.55. The van der Waals surface area contributed by atoms with E-state index in [0.29, 0.717) is 10.8 Å². The molecule has 0 amide bonds. The Balaban J connectivity index is 2.34. The molecule has 0 radical (unpaired) electrons. The summed E-state index contributed by atoms with van der Waals surface area (Å²) < 4.78 is 28.7. The predicted molar refractivity (Wildman–Crippen MR) is 78.4 cm³/mol. The van der Waals surface area contributed by atoms with E-state index in [1.165, 1.54) is 23.6 Å². The molecule has 0 aliphatic rings. The zero-order chi connectivity index (χ0) is 14.9. The zero-order valence-electron chi connectivity index (χ0n) is 11.5. The maximum Gasteiger partial charge on any atom is 0.265 e. The Morgan fingerprint density at radius 3 is 2.65 bits per heavy atom. The minimum Gasteiger partial charge on any atom is -0.390 e. The van der Waals surface area contributed by atoms with Gasteiger partial charge in [-0.25, -0.2) is 13.4 Å². The Morgan fingerprint density at radius 2 is 2.20 bits per heavy atom. The average Bonchev–Trinajstić information content (AvgIpc) is 2.95. The van der Waals surface area contributed by atoms with Crippen LogP contribution in [-0.4, -0.2) is 23.1 Å². The number of hydrogen-bond donors (Lipinski definition) is 2. The van der Waals surface area contributed by atoms with Crippen molar-refractivity contribution in [2.24, 2.45) is 0 Å².